The van der Waals surface area contributed by atoms with E-state index in [2.05, 4.69) is 5.32 Å². The average molecular weight is 316 g/mol. The number of hydrogen-bond acceptors (Lipinski definition) is 4. The molecule has 1 atom stereocenters. The molecule has 1 unspecified atom stereocenters. The van der Waals surface area contributed by atoms with E-state index in [1.807, 2.05) is 6.92 Å². The van der Waals surface area contributed by atoms with Crippen molar-refractivity contribution >= 4 is 5.91 Å². The lowest BCUT2D eigenvalue weighted by Gasteiger charge is -2.13. The zero-order valence-corrected chi connectivity index (χ0v) is 12.9. The van der Waals surface area contributed by atoms with Gasteiger partial charge < -0.3 is 19.7 Å². The molecule has 2 N–H and O–H groups in total. The van der Waals surface area contributed by atoms with Gasteiger partial charge in [-0.3, -0.25) is 9.59 Å². The summed E-state index contributed by atoms with van der Waals surface area (Å²) in [5, 5.41) is 12.6. The maximum Gasteiger partial charge on any atom is 0.251 e. The molecule has 1 aromatic heterocycles. The number of nitrogens with zero attached hydrogens (tertiary/aromatic N) is 1. The molecule has 0 fully saturated rings. The zero-order valence-electron chi connectivity index (χ0n) is 12.9. The second-order valence-electron chi connectivity index (χ2n) is 5.01. The summed E-state index contributed by atoms with van der Waals surface area (Å²) in [6.07, 6.45) is 0.751. The van der Waals surface area contributed by atoms with E-state index >= 15 is 0 Å². The van der Waals surface area contributed by atoms with Crippen LogP contribution in [-0.4, -0.2) is 34.8 Å². The first-order chi connectivity index (χ1) is 11.1. The van der Waals surface area contributed by atoms with Crippen LogP contribution in [0, 0.1) is 0 Å². The molecule has 0 aliphatic carbocycles. The second kappa shape index (κ2) is 8.14. The van der Waals surface area contributed by atoms with Crippen molar-refractivity contribution in [1.82, 2.24) is 9.88 Å². The molecule has 0 spiro atoms. The van der Waals surface area contributed by atoms with Crippen LogP contribution in [0.2, 0.25) is 0 Å². The van der Waals surface area contributed by atoms with Crippen molar-refractivity contribution in [1.29, 1.82) is 0 Å². The SMILES string of the molecule is CCOc1ccc(C(=O)NCC(O)Cn2ccccc2=O)cc1. The summed E-state index contributed by atoms with van der Waals surface area (Å²) in [5.41, 5.74) is 0.293. The number of benzene rings is 1. The van der Waals surface area contributed by atoms with Gasteiger partial charge in [0.25, 0.3) is 11.5 Å². The molecule has 1 aromatic carbocycles. The van der Waals surface area contributed by atoms with Crippen molar-refractivity contribution in [3.05, 3.63) is 64.6 Å². The maximum atomic E-state index is 12.0. The molecule has 0 aliphatic heterocycles. The summed E-state index contributed by atoms with van der Waals surface area (Å²) in [6, 6.07) is 11.5. The number of aliphatic hydroxyl groups excluding tert-OH is 1. The van der Waals surface area contributed by atoms with Crippen molar-refractivity contribution in [2.45, 2.75) is 19.6 Å². The van der Waals surface area contributed by atoms with Gasteiger partial charge in [0.05, 0.1) is 19.3 Å². The topological polar surface area (TPSA) is 80.6 Å². The minimum absolute atomic E-state index is 0.0629. The molecule has 122 valence electrons. The molecule has 0 radical (unpaired) electrons. The highest BCUT2D eigenvalue weighted by Gasteiger charge is 2.10. The Morgan fingerprint density at radius 2 is 2.00 bits per heavy atom. The Labute approximate surface area is 134 Å². The van der Waals surface area contributed by atoms with Gasteiger partial charge in [0.2, 0.25) is 0 Å². The molecule has 6 nitrogen and oxygen atoms in total. The molecule has 1 heterocycles. The number of aliphatic hydroxyl groups is 1. The Kier molecular flexibility index (Phi) is 5.94. The van der Waals surface area contributed by atoms with E-state index in [0.717, 1.165) is 0 Å². The van der Waals surface area contributed by atoms with Crippen LogP contribution in [-0.2, 0) is 6.54 Å². The van der Waals surface area contributed by atoms with Crippen LogP contribution in [0.4, 0.5) is 0 Å². The third-order valence-electron chi connectivity index (χ3n) is 3.23. The molecular weight excluding hydrogens is 296 g/mol. The number of ether oxygens (including phenoxy) is 1. The first kappa shape index (κ1) is 16.8. The van der Waals surface area contributed by atoms with E-state index in [0.29, 0.717) is 17.9 Å². The Bertz CT molecular complexity index is 694. The predicted octanol–water partition coefficient (Wildman–Crippen LogP) is 1.04. The highest BCUT2D eigenvalue weighted by Crippen LogP contribution is 2.11. The highest BCUT2D eigenvalue weighted by atomic mass is 16.5. The fourth-order valence-electron chi connectivity index (χ4n) is 2.08. The lowest BCUT2D eigenvalue weighted by molar-refractivity contribution is 0.0903. The number of amides is 1. The molecular formula is C17H20N2O4. The number of carbonyl (C=O) groups is 1. The molecule has 6 heteroatoms. The molecule has 2 aromatic rings. The Morgan fingerprint density at radius 1 is 1.26 bits per heavy atom. The van der Waals surface area contributed by atoms with Gasteiger partial charge >= 0.3 is 0 Å². The number of pyridine rings is 1. The predicted molar refractivity (Wildman–Crippen MR) is 86.7 cm³/mol. The van der Waals surface area contributed by atoms with Crippen LogP contribution in [0.15, 0.2) is 53.5 Å². The second-order valence-corrected chi connectivity index (χ2v) is 5.01. The van der Waals surface area contributed by atoms with E-state index in [-0.39, 0.29) is 24.6 Å². The quantitative estimate of drug-likeness (QED) is 0.800. The van der Waals surface area contributed by atoms with Gasteiger partial charge in [-0.05, 0) is 37.3 Å². The molecule has 2 rings (SSSR count). The Balaban J connectivity index is 1.86. The van der Waals surface area contributed by atoms with Gasteiger partial charge in [0.1, 0.15) is 5.75 Å². The Morgan fingerprint density at radius 3 is 2.65 bits per heavy atom. The number of nitrogens with one attached hydrogen (secondary N) is 1. The van der Waals surface area contributed by atoms with Crippen LogP contribution >= 0.6 is 0 Å². The number of carbonyl (C=O) groups excluding carboxylic acids is 1. The van der Waals surface area contributed by atoms with Gasteiger partial charge in [-0.1, -0.05) is 6.07 Å². The fraction of sp³-hybridized carbons (Fsp3) is 0.294. The monoisotopic (exact) mass is 316 g/mol. The van der Waals surface area contributed by atoms with Gasteiger partial charge in [0, 0.05) is 24.4 Å². The minimum Gasteiger partial charge on any atom is -0.494 e. The van der Waals surface area contributed by atoms with Crippen LogP contribution in [0.3, 0.4) is 0 Å². The normalized spacial score (nSPS) is 11.7. The van der Waals surface area contributed by atoms with E-state index in [1.165, 1.54) is 10.6 Å². The van der Waals surface area contributed by atoms with Gasteiger partial charge in [-0.15, -0.1) is 0 Å². The summed E-state index contributed by atoms with van der Waals surface area (Å²) in [4.78, 5) is 23.6. The van der Waals surface area contributed by atoms with Gasteiger partial charge in [0.15, 0.2) is 0 Å². The first-order valence-corrected chi connectivity index (χ1v) is 7.44. The molecule has 23 heavy (non-hydrogen) atoms. The van der Waals surface area contributed by atoms with Crippen molar-refractivity contribution in [2.24, 2.45) is 0 Å². The van der Waals surface area contributed by atoms with Gasteiger partial charge in [-0.2, -0.15) is 0 Å². The number of rotatable bonds is 7. The van der Waals surface area contributed by atoms with E-state index in [1.54, 1.807) is 42.6 Å². The van der Waals surface area contributed by atoms with Crippen LogP contribution in [0.1, 0.15) is 17.3 Å². The van der Waals surface area contributed by atoms with Crippen LogP contribution < -0.4 is 15.6 Å². The molecule has 0 aliphatic rings. The first-order valence-electron chi connectivity index (χ1n) is 7.44. The third kappa shape index (κ3) is 4.96. The van der Waals surface area contributed by atoms with E-state index in [4.69, 9.17) is 4.74 Å². The minimum atomic E-state index is -0.846. The van der Waals surface area contributed by atoms with Crippen molar-refractivity contribution < 1.29 is 14.6 Å². The summed E-state index contributed by atoms with van der Waals surface area (Å²) >= 11 is 0. The van der Waals surface area contributed by atoms with Crippen molar-refractivity contribution in [2.75, 3.05) is 13.2 Å². The third-order valence-corrected chi connectivity index (χ3v) is 3.23. The van der Waals surface area contributed by atoms with Crippen LogP contribution in [0.25, 0.3) is 0 Å². The standard InChI is InChI=1S/C17H20N2O4/c1-2-23-15-8-6-13(7-9-15)17(22)18-11-14(20)12-19-10-4-3-5-16(19)21/h3-10,14,20H,2,11-12H2,1H3,(H,18,22). The Hall–Kier alpha value is -2.60. The smallest absolute Gasteiger partial charge is 0.251 e. The summed E-state index contributed by atoms with van der Waals surface area (Å²) < 4.78 is 6.71. The highest BCUT2D eigenvalue weighted by molar-refractivity contribution is 5.94. The lowest BCUT2D eigenvalue weighted by Crippen LogP contribution is -2.36. The molecule has 0 saturated carbocycles. The summed E-state index contributed by atoms with van der Waals surface area (Å²) in [6.45, 7) is 2.65. The molecule has 0 bridgehead atoms. The zero-order chi connectivity index (χ0) is 16.7. The number of hydrogen-bond donors (Lipinski definition) is 2. The van der Waals surface area contributed by atoms with Crippen molar-refractivity contribution in [3.63, 3.8) is 0 Å². The van der Waals surface area contributed by atoms with E-state index < -0.39 is 6.10 Å². The maximum absolute atomic E-state index is 12.0. The van der Waals surface area contributed by atoms with Crippen LogP contribution in [0.5, 0.6) is 5.75 Å². The molecule has 1 amide bonds. The largest absolute Gasteiger partial charge is 0.494 e. The van der Waals surface area contributed by atoms with E-state index in [9.17, 15) is 14.7 Å². The molecule has 0 saturated heterocycles. The average Bonchev–Trinajstić information content (AvgIpc) is 2.56. The van der Waals surface area contributed by atoms with Gasteiger partial charge in [-0.25, -0.2) is 0 Å². The number of aromatic nitrogens is 1. The van der Waals surface area contributed by atoms with Crippen molar-refractivity contribution in [3.8, 4) is 5.75 Å². The summed E-state index contributed by atoms with van der Waals surface area (Å²) in [7, 11) is 0. The lowest BCUT2D eigenvalue weighted by atomic mass is 10.2. The fourth-order valence-corrected chi connectivity index (χ4v) is 2.08. The summed E-state index contributed by atoms with van der Waals surface area (Å²) in [5.74, 6) is 0.417.